The standard InChI is InChI=1S/C6H12.C3H4.H2O/c1-2-4-6-5-3-1;1-3-2;/h1-6H2;1H,2H3;1H2. The van der Waals surface area contributed by atoms with E-state index in [0.29, 0.717) is 0 Å². The molecule has 0 amide bonds. The summed E-state index contributed by atoms with van der Waals surface area (Å²) >= 11 is 0. The van der Waals surface area contributed by atoms with Crippen LogP contribution in [-0.4, -0.2) is 5.48 Å². The molecular formula is C9H18O. The van der Waals surface area contributed by atoms with Crippen LogP contribution >= 0.6 is 0 Å². The highest BCUT2D eigenvalue weighted by Crippen LogP contribution is 2.15. The molecule has 0 aliphatic heterocycles. The maximum Gasteiger partial charge on any atom is -0.00297 e. The molecular weight excluding hydrogens is 124 g/mol. The summed E-state index contributed by atoms with van der Waals surface area (Å²) in [4.78, 5) is 0. The second-order valence-electron chi connectivity index (χ2n) is 2.41. The molecule has 1 saturated carbocycles. The lowest BCUT2D eigenvalue weighted by atomic mass is 10.0. The first-order chi connectivity index (χ1) is 4.41. The molecule has 1 heteroatoms. The summed E-state index contributed by atoms with van der Waals surface area (Å²) in [5.41, 5.74) is 0. The number of hydrogen-bond acceptors (Lipinski definition) is 0. The van der Waals surface area contributed by atoms with Crippen LogP contribution in [0.3, 0.4) is 0 Å². The second kappa shape index (κ2) is 11.3. The zero-order valence-electron chi connectivity index (χ0n) is 6.82. The SMILES string of the molecule is C#CC.C1CCCCC1.O. The minimum atomic E-state index is 0. The predicted octanol–water partition coefficient (Wildman–Crippen LogP) is 2.16. The van der Waals surface area contributed by atoms with E-state index in [2.05, 4.69) is 12.3 Å². The molecule has 0 spiro atoms. The highest BCUT2D eigenvalue weighted by atomic mass is 16.0. The Morgan fingerprint density at radius 2 is 1.00 bits per heavy atom. The molecule has 1 nitrogen and oxygen atoms in total. The first-order valence-corrected chi connectivity index (χ1v) is 3.79. The molecule has 2 N–H and O–H groups in total. The van der Waals surface area contributed by atoms with Gasteiger partial charge >= 0.3 is 0 Å². The second-order valence-corrected chi connectivity index (χ2v) is 2.41. The van der Waals surface area contributed by atoms with Crippen molar-refractivity contribution in [3.8, 4) is 12.3 Å². The predicted molar refractivity (Wildman–Crippen MR) is 45.8 cm³/mol. The van der Waals surface area contributed by atoms with Crippen molar-refractivity contribution in [3.63, 3.8) is 0 Å². The first kappa shape index (κ1) is 12.2. The molecule has 0 heterocycles. The van der Waals surface area contributed by atoms with Gasteiger partial charge in [0.05, 0.1) is 0 Å². The summed E-state index contributed by atoms with van der Waals surface area (Å²) < 4.78 is 0. The van der Waals surface area contributed by atoms with E-state index in [-0.39, 0.29) is 5.48 Å². The van der Waals surface area contributed by atoms with Gasteiger partial charge in [0.1, 0.15) is 0 Å². The number of rotatable bonds is 0. The van der Waals surface area contributed by atoms with Gasteiger partial charge in [0, 0.05) is 0 Å². The largest absolute Gasteiger partial charge is 0.412 e. The maximum absolute atomic E-state index is 4.60. The molecule has 1 fully saturated rings. The van der Waals surface area contributed by atoms with Gasteiger partial charge < -0.3 is 5.48 Å². The van der Waals surface area contributed by atoms with Gasteiger partial charge in [-0.2, -0.15) is 0 Å². The molecule has 10 heavy (non-hydrogen) atoms. The van der Waals surface area contributed by atoms with Crippen LogP contribution in [0.25, 0.3) is 0 Å². The molecule has 1 aliphatic carbocycles. The van der Waals surface area contributed by atoms with Crippen LogP contribution in [0.5, 0.6) is 0 Å². The summed E-state index contributed by atoms with van der Waals surface area (Å²) in [7, 11) is 0. The van der Waals surface area contributed by atoms with Crippen molar-refractivity contribution >= 4 is 0 Å². The van der Waals surface area contributed by atoms with E-state index in [4.69, 9.17) is 0 Å². The topological polar surface area (TPSA) is 31.5 Å². The van der Waals surface area contributed by atoms with E-state index in [1.54, 1.807) is 6.92 Å². The molecule has 1 rings (SSSR count). The highest BCUT2D eigenvalue weighted by molar-refractivity contribution is 4.73. The van der Waals surface area contributed by atoms with E-state index in [9.17, 15) is 0 Å². The van der Waals surface area contributed by atoms with Crippen molar-refractivity contribution in [2.75, 3.05) is 0 Å². The van der Waals surface area contributed by atoms with E-state index < -0.39 is 0 Å². The smallest absolute Gasteiger partial charge is 0.00297 e. The van der Waals surface area contributed by atoms with Crippen LogP contribution in [0.2, 0.25) is 0 Å². The van der Waals surface area contributed by atoms with Crippen molar-refractivity contribution in [1.82, 2.24) is 0 Å². The normalized spacial score (nSPS) is 15.2. The summed E-state index contributed by atoms with van der Waals surface area (Å²) in [5, 5.41) is 0. The van der Waals surface area contributed by atoms with Gasteiger partial charge in [-0.3, -0.25) is 0 Å². The Morgan fingerprint density at radius 1 is 0.900 bits per heavy atom. The van der Waals surface area contributed by atoms with Crippen LogP contribution < -0.4 is 0 Å². The van der Waals surface area contributed by atoms with Gasteiger partial charge in [0.2, 0.25) is 0 Å². The molecule has 60 valence electrons. The Kier molecular flexibility index (Phi) is 13.9. The van der Waals surface area contributed by atoms with Gasteiger partial charge in [-0.15, -0.1) is 12.3 Å². The van der Waals surface area contributed by atoms with Crippen molar-refractivity contribution in [3.05, 3.63) is 0 Å². The molecule has 0 aromatic heterocycles. The fraction of sp³-hybridized carbons (Fsp3) is 0.778. The van der Waals surface area contributed by atoms with E-state index in [1.807, 2.05) is 0 Å². The third kappa shape index (κ3) is 10.5. The van der Waals surface area contributed by atoms with Crippen LogP contribution in [-0.2, 0) is 0 Å². The van der Waals surface area contributed by atoms with E-state index in [1.165, 1.54) is 38.5 Å². The molecule has 0 unspecified atom stereocenters. The summed E-state index contributed by atoms with van der Waals surface area (Å²) in [6.07, 6.45) is 13.6. The molecule has 0 radical (unpaired) electrons. The number of hydrogen-bond donors (Lipinski definition) is 0. The lowest BCUT2D eigenvalue weighted by Crippen LogP contribution is -1.85. The quantitative estimate of drug-likeness (QED) is 0.464. The van der Waals surface area contributed by atoms with Gasteiger partial charge in [-0.05, 0) is 6.92 Å². The molecule has 0 aromatic carbocycles. The third-order valence-corrected chi connectivity index (χ3v) is 1.50. The van der Waals surface area contributed by atoms with Crippen molar-refractivity contribution in [2.45, 2.75) is 45.4 Å². The van der Waals surface area contributed by atoms with Gasteiger partial charge in [-0.25, -0.2) is 0 Å². The van der Waals surface area contributed by atoms with Crippen LogP contribution in [0.4, 0.5) is 0 Å². The van der Waals surface area contributed by atoms with E-state index >= 15 is 0 Å². The lowest BCUT2D eigenvalue weighted by Gasteiger charge is -2.05. The molecule has 0 atom stereocenters. The van der Waals surface area contributed by atoms with E-state index in [0.717, 1.165) is 0 Å². The van der Waals surface area contributed by atoms with Crippen molar-refractivity contribution < 1.29 is 5.48 Å². The zero-order valence-corrected chi connectivity index (χ0v) is 6.82. The summed E-state index contributed by atoms with van der Waals surface area (Å²) in [6.45, 7) is 1.65. The van der Waals surface area contributed by atoms with Crippen LogP contribution in [0, 0.1) is 12.3 Å². The lowest BCUT2D eigenvalue weighted by molar-refractivity contribution is 0.504. The Morgan fingerprint density at radius 3 is 1.10 bits per heavy atom. The molecule has 0 saturated heterocycles. The highest BCUT2D eigenvalue weighted by Gasteiger charge is 1.95. The number of terminal acetylenes is 1. The Hall–Kier alpha value is -0.480. The minimum absolute atomic E-state index is 0. The maximum atomic E-state index is 4.60. The monoisotopic (exact) mass is 142 g/mol. The van der Waals surface area contributed by atoms with Gasteiger partial charge in [0.25, 0.3) is 0 Å². The third-order valence-electron chi connectivity index (χ3n) is 1.50. The van der Waals surface area contributed by atoms with Gasteiger partial charge in [0.15, 0.2) is 0 Å². The summed E-state index contributed by atoms with van der Waals surface area (Å²) in [5.74, 6) is 2.25. The Bertz CT molecular complexity index is 65.7. The minimum Gasteiger partial charge on any atom is -0.412 e. The van der Waals surface area contributed by atoms with Gasteiger partial charge in [-0.1, -0.05) is 38.5 Å². The average molecular weight is 142 g/mol. The summed E-state index contributed by atoms with van der Waals surface area (Å²) in [6, 6.07) is 0. The van der Waals surface area contributed by atoms with Crippen molar-refractivity contribution in [2.24, 2.45) is 0 Å². The van der Waals surface area contributed by atoms with Crippen LogP contribution in [0.15, 0.2) is 0 Å². The molecule has 0 bridgehead atoms. The first-order valence-electron chi connectivity index (χ1n) is 3.79. The Labute approximate surface area is 64.1 Å². The Balaban J connectivity index is 0. The molecule has 0 aromatic rings. The molecule has 1 aliphatic rings. The average Bonchev–Trinajstić information content (AvgIpc) is 1.93. The fourth-order valence-corrected chi connectivity index (χ4v) is 1.06. The van der Waals surface area contributed by atoms with Crippen LogP contribution in [0.1, 0.15) is 45.4 Å². The fourth-order valence-electron chi connectivity index (χ4n) is 1.06. The zero-order chi connectivity index (χ0) is 6.95. The van der Waals surface area contributed by atoms with Crippen molar-refractivity contribution in [1.29, 1.82) is 0 Å².